The van der Waals surface area contributed by atoms with Crippen LogP contribution < -0.4 is 10.8 Å². The van der Waals surface area contributed by atoms with Crippen LogP contribution in [0.25, 0.3) is 0 Å². The maximum atomic E-state index is 12.7. The van der Waals surface area contributed by atoms with Crippen LogP contribution >= 0.6 is 0 Å². The predicted molar refractivity (Wildman–Crippen MR) is 111 cm³/mol. The molecular weight excluding hydrogens is 386 g/mol. The third-order valence-corrected chi connectivity index (χ3v) is 4.59. The van der Waals surface area contributed by atoms with Gasteiger partial charge in [0, 0.05) is 30.5 Å². The van der Waals surface area contributed by atoms with E-state index in [0.717, 1.165) is 11.1 Å². The Morgan fingerprint density at radius 2 is 1.93 bits per heavy atom. The summed E-state index contributed by atoms with van der Waals surface area (Å²) in [5, 5.41) is 12.1. The number of rotatable bonds is 12. The summed E-state index contributed by atoms with van der Waals surface area (Å²) in [7, 11) is 0. The van der Waals surface area contributed by atoms with Gasteiger partial charge in [-0.1, -0.05) is 23.8 Å². The number of hydroxylamine groups is 1. The fourth-order valence-corrected chi connectivity index (χ4v) is 3.00. The lowest BCUT2D eigenvalue weighted by atomic mass is 9.92. The quantitative estimate of drug-likeness (QED) is 0.212. The molecule has 0 spiro atoms. The normalized spacial score (nSPS) is 12.8. The number of nitrogens with one attached hydrogen (secondary N) is 2. The van der Waals surface area contributed by atoms with Crippen molar-refractivity contribution in [1.29, 1.82) is 0 Å². The number of carbonyl (C=O) groups excluding carboxylic acids is 2. The Labute approximate surface area is 176 Å². The van der Waals surface area contributed by atoms with Crippen LogP contribution in [0.2, 0.25) is 0 Å². The van der Waals surface area contributed by atoms with Crippen LogP contribution in [0, 0.1) is 12.8 Å². The molecule has 1 heterocycles. The van der Waals surface area contributed by atoms with Gasteiger partial charge in [0.1, 0.15) is 6.79 Å². The first-order chi connectivity index (χ1) is 14.5. The van der Waals surface area contributed by atoms with E-state index in [4.69, 9.17) is 9.47 Å². The number of hydrogen-bond donors (Lipinski definition) is 3. The molecule has 8 nitrogen and oxygen atoms in total. The first-order valence-electron chi connectivity index (χ1n) is 9.89. The van der Waals surface area contributed by atoms with Gasteiger partial charge >= 0.3 is 0 Å². The maximum absolute atomic E-state index is 12.7. The Kier molecular flexibility index (Phi) is 9.93. The van der Waals surface area contributed by atoms with Gasteiger partial charge < -0.3 is 14.8 Å². The van der Waals surface area contributed by atoms with Gasteiger partial charge in [-0.3, -0.25) is 19.8 Å². The van der Waals surface area contributed by atoms with Gasteiger partial charge in [0.2, 0.25) is 5.91 Å². The molecule has 0 aliphatic carbocycles. The summed E-state index contributed by atoms with van der Waals surface area (Å²) in [4.78, 5) is 29.0. The lowest BCUT2D eigenvalue weighted by molar-refractivity contribution is -0.134. The third-order valence-electron chi connectivity index (χ3n) is 4.59. The predicted octanol–water partition coefficient (Wildman–Crippen LogP) is 2.25. The summed E-state index contributed by atoms with van der Waals surface area (Å²) >= 11 is 0. The number of carbonyl (C=O) groups is 2. The Hall–Kier alpha value is -2.81. The fraction of sp³-hybridized carbons (Fsp3) is 0.409. The highest BCUT2D eigenvalue weighted by Crippen LogP contribution is 2.16. The summed E-state index contributed by atoms with van der Waals surface area (Å²) in [5.74, 6) is -1.37. The molecule has 2 atom stereocenters. The van der Waals surface area contributed by atoms with E-state index in [2.05, 4.69) is 10.3 Å². The van der Waals surface area contributed by atoms with Crippen molar-refractivity contribution in [1.82, 2.24) is 15.8 Å². The van der Waals surface area contributed by atoms with Crippen LogP contribution in [0.5, 0.6) is 0 Å². The number of benzene rings is 1. The summed E-state index contributed by atoms with van der Waals surface area (Å²) < 4.78 is 10.7. The number of ether oxygens (including phenoxy) is 2. The largest absolute Gasteiger partial charge is 0.356 e. The van der Waals surface area contributed by atoms with Gasteiger partial charge in [-0.05, 0) is 50.5 Å². The Bertz CT molecular complexity index is 783. The smallest absolute Gasteiger partial charge is 0.251 e. The molecule has 0 aliphatic rings. The average Bonchev–Trinajstić information content (AvgIpc) is 2.76. The maximum Gasteiger partial charge on any atom is 0.251 e. The van der Waals surface area contributed by atoms with Gasteiger partial charge in [-0.15, -0.1) is 0 Å². The number of nitrogens with zero attached hydrogens (tertiary/aromatic N) is 1. The van der Waals surface area contributed by atoms with E-state index in [9.17, 15) is 14.8 Å². The van der Waals surface area contributed by atoms with Crippen molar-refractivity contribution in [2.45, 2.75) is 32.7 Å². The Morgan fingerprint density at radius 1 is 1.17 bits per heavy atom. The molecule has 0 saturated heterocycles. The highest BCUT2D eigenvalue weighted by Gasteiger charge is 2.25. The van der Waals surface area contributed by atoms with E-state index in [-0.39, 0.29) is 25.7 Å². The topological polar surface area (TPSA) is 110 Å². The van der Waals surface area contributed by atoms with Gasteiger partial charge in [-0.2, -0.15) is 0 Å². The van der Waals surface area contributed by atoms with Crippen LogP contribution in [0.3, 0.4) is 0 Å². The van der Waals surface area contributed by atoms with E-state index in [0.29, 0.717) is 18.6 Å². The lowest BCUT2D eigenvalue weighted by Gasteiger charge is -2.23. The summed E-state index contributed by atoms with van der Waals surface area (Å²) in [5.41, 5.74) is 4.15. The zero-order chi connectivity index (χ0) is 21.8. The first-order valence-corrected chi connectivity index (χ1v) is 9.89. The molecule has 1 aromatic heterocycles. The second-order valence-corrected chi connectivity index (χ2v) is 6.99. The van der Waals surface area contributed by atoms with Crippen molar-refractivity contribution >= 4 is 11.8 Å². The van der Waals surface area contributed by atoms with E-state index < -0.39 is 17.9 Å². The van der Waals surface area contributed by atoms with Crippen molar-refractivity contribution in [2.75, 3.05) is 20.0 Å². The standard InChI is InChI=1S/C22H29N3O5/c1-3-29-15-30-14-20(24-21(26)18-8-6-16(2)7-9-18)12-19(22(27)25-28)11-17-5-4-10-23-13-17/h4-10,13,19-20,28H,3,11-12,14-15H2,1-2H3,(H,24,26)(H,25,27)/t19-,20-/m0/s1. The molecule has 2 amide bonds. The van der Waals surface area contributed by atoms with Gasteiger partial charge in [-0.25, -0.2) is 5.48 Å². The number of pyridine rings is 1. The molecule has 3 N–H and O–H groups in total. The van der Waals surface area contributed by atoms with Gasteiger partial charge in [0.05, 0.1) is 12.6 Å². The monoisotopic (exact) mass is 415 g/mol. The van der Waals surface area contributed by atoms with Crippen LogP contribution in [-0.2, 0) is 20.7 Å². The van der Waals surface area contributed by atoms with Crippen LogP contribution in [0.4, 0.5) is 0 Å². The molecular formula is C22H29N3O5. The van der Waals surface area contributed by atoms with Crippen molar-refractivity contribution in [3.63, 3.8) is 0 Å². The zero-order valence-electron chi connectivity index (χ0n) is 17.3. The van der Waals surface area contributed by atoms with E-state index in [1.165, 1.54) is 0 Å². The minimum absolute atomic E-state index is 0.0901. The number of amides is 2. The van der Waals surface area contributed by atoms with Gasteiger partial charge in [0.15, 0.2) is 0 Å². The molecule has 0 bridgehead atoms. The third kappa shape index (κ3) is 7.90. The Morgan fingerprint density at radius 3 is 2.57 bits per heavy atom. The zero-order valence-corrected chi connectivity index (χ0v) is 17.3. The summed E-state index contributed by atoms with van der Waals surface area (Å²) in [6.45, 7) is 4.57. The average molecular weight is 415 g/mol. The number of hydrogen-bond acceptors (Lipinski definition) is 6. The number of aromatic nitrogens is 1. The first kappa shape index (κ1) is 23.5. The molecule has 162 valence electrons. The second-order valence-electron chi connectivity index (χ2n) is 6.99. The second kappa shape index (κ2) is 12.7. The van der Waals surface area contributed by atoms with Crippen LogP contribution in [-0.4, -0.2) is 48.1 Å². The van der Waals surface area contributed by atoms with Gasteiger partial charge in [0.25, 0.3) is 5.91 Å². The molecule has 0 unspecified atom stereocenters. The van der Waals surface area contributed by atoms with Crippen LogP contribution in [0.15, 0.2) is 48.8 Å². The number of aryl methyl sites for hydroxylation is 1. The minimum atomic E-state index is -0.585. The lowest BCUT2D eigenvalue weighted by Crippen LogP contribution is -2.42. The molecule has 0 saturated carbocycles. The van der Waals surface area contributed by atoms with E-state index in [1.54, 1.807) is 36.1 Å². The molecule has 8 heteroatoms. The highest BCUT2D eigenvalue weighted by atomic mass is 16.7. The van der Waals surface area contributed by atoms with Crippen LogP contribution in [0.1, 0.15) is 34.8 Å². The summed E-state index contributed by atoms with van der Waals surface area (Å²) in [6, 6.07) is 10.4. The SMILES string of the molecule is CCOCOC[C@H](C[C@H](Cc1cccnc1)C(=O)NO)NC(=O)c1ccc(C)cc1. The molecule has 0 fully saturated rings. The summed E-state index contributed by atoms with van der Waals surface area (Å²) in [6.07, 6.45) is 3.95. The van der Waals surface area contributed by atoms with Crippen molar-refractivity contribution in [3.05, 3.63) is 65.5 Å². The minimum Gasteiger partial charge on any atom is -0.356 e. The fourth-order valence-electron chi connectivity index (χ4n) is 3.00. The Balaban J connectivity index is 2.10. The van der Waals surface area contributed by atoms with Crippen molar-refractivity contribution in [2.24, 2.45) is 5.92 Å². The molecule has 1 aromatic carbocycles. The molecule has 30 heavy (non-hydrogen) atoms. The van der Waals surface area contributed by atoms with Crippen molar-refractivity contribution in [3.8, 4) is 0 Å². The molecule has 2 rings (SSSR count). The molecule has 0 aliphatic heterocycles. The molecule has 0 radical (unpaired) electrons. The molecule has 2 aromatic rings. The van der Waals surface area contributed by atoms with E-state index in [1.807, 2.05) is 32.0 Å². The highest BCUT2D eigenvalue weighted by molar-refractivity contribution is 5.94. The van der Waals surface area contributed by atoms with E-state index >= 15 is 0 Å². The van der Waals surface area contributed by atoms with Crippen molar-refractivity contribution < 1.29 is 24.3 Å².